The molecule has 0 radical (unpaired) electrons. The van der Waals surface area contributed by atoms with Gasteiger partial charge in [0, 0.05) is 25.3 Å². The number of anilines is 1. The molecule has 0 saturated carbocycles. The van der Waals surface area contributed by atoms with Crippen molar-refractivity contribution in [1.29, 1.82) is 0 Å². The topological polar surface area (TPSA) is 44.8 Å². The Kier molecular flexibility index (Phi) is 7.49. The second kappa shape index (κ2) is 9.86. The van der Waals surface area contributed by atoms with Crippen LogP contribution in [0.5, 0.6) is 0 Å². The lowest BCUT2D eigenvalue weighted by atomic mass is 9.99. The first-order chi connectivity index (χ1) is 13.4. The van der Waals surface area contributed by atoms with Crippen LogP contribution in [-0.4, -0.2) is 66.7 Å². The van der Waals surface area contributed by atoms with Crippen molar-refractivity contribution < 1.29 is 9.53 Å². The molecule has 2 saturated heterocycles. The van der Waals surface area contributed by atoms with Gasteiger partial charge in [0.2, 0.25) is 5.91 Å². The van der Waals surface area contributed by atoms with E-state index in [0.717, 1.165) is 31.7 Å². The molecule has 0 aromatic heterocycles. The molecule has 1 amide bonds. The molecule has 2 heterocycles. The fraction of sp³-hybridized carbons (Fsp3) is 0.696. The minimum Gasteiger partial charge on any atom is -0.373 e. The summed E-state index contributed by atoms with van der Waals surface area (Å²) >= 11 is 0. The molecule has 3 unspecified atom stereocenters. The van der Waals surface area contributed by atoms with Gasteiger partial charge in [0.15, 0.2) is 0 Å². The summed E-state index contributed by atoms with van der Waals surface area (Å²) < 4.78 is 5.84. The highest BCUT2D eigenvalue weighted by Crippen LogP contribution is 2.21. The SMILES string of the molecule is CC1CN(C(C(=O)Nc2ccc(CCN3CCCC3)cc2)C(C)C)CC(C)O1. The fourth-order valence-corrected chi connectivity index (χ4v) is 4.60. The van der Waals surface area contributed by atoms with Gasteiger partial charge in [-0.1, -0.05) is 26.0 Å². The lowest BCUT2D eigenvalue weighted by Crippen LogP contribution is -2.55. The molecule has 1 aromatic carbocycles. The third-order valence-electron chi connectivity index (χ3n) is 5.88. The van der Waals surface area contributed by atoms with Crippen LogP contribution in [0, 0.1) is 5.92 Å². The van der Waals surface area contributed by atoms with Gasteiger partial charge < -0.3 is 15.0 Å². The quantitative estimate of drug-likeness (QED) is 0.779. The van der Waals surface area contributed by atoms with Crippen molar-refractivity contribution >= 4 is 11.6 Å². The number of morpholine rings is 1. The molecule has 5 nitrogen and oxygen atoms in total. The molecular weight excluding hydrogens is 350 g/mol. The molecule has 2 fully saturated rings. The zero-order valence-electron chi connectivity index (χ0n) is 18.0. The molecule has 3 rings (SSSR count). The van der Waals surface area contributed by atoms with Crippen LogP contribution in [0.1, 0.15) is 46.1 Å². The molecule has 2 aliphatic heterocycles. The minimum atomic E-state index is -0.136. The maximum atomic E-state index is 13.1. The zero-order valence-corrected chi connectivity index (χ0v) is 18.0. The van der Waals surface area contributed by atoms with Gasteiger partial charge in [-0.15, -0.1) is 0 Å². The van der Waals surface area contributed by atoms with Crippen LogP contribution in [0.2, 0.25) is 0 Å². The van der Waals surface area contributed by atoms with Gasteiger partial charge in [0.1, 0.15) is 0 Å². The Morgan fingerprint density at radius 2 is 1.71 bits per heavy atom. The number of likely N-dealkylation sites (tertiary alicyclic amines) is 1. The predicted molar refractivity (Wildman–Crippen MR) is 115 cm³/mol. The van der Waals surface area contributed by atoms with Crippen molar-refractivity contribution in [1.82, 2.24) is 9.80 Å². The third kappa shape index (κ3) is 5.79. The molecule has 1 aromatic rings. The highest BCUT2D eigenvalue weighted by Gasteiger charge is 2.34. The van der Waals surface area contributed by atoms with Crippen LogP contribution in [0.4, 0.5) is 5.69 Å². The van der Waals surface area contributed by atoms with Gasteiger partial charge in [0.05, 0.1) is 18.2 Å². The molecule has 0 bridgehead atoms. The second-order valence-corrected chi connectivity index (χ2v) is 8.88. The number of ether oxygens (including phenoxy) is 1. The number of rotatable bonds is 7. The van der Waals surface area contributed by atoms with Gasteiger partial charge >= 0.3 is 0 Å². The van der Waals surface area contributed by atoms with Gasteiger partial charge in [-0.25, -0.2) is 0 Å². The molecule has 3 atom stereocenters. The predicted octanol–water partition coefficient (Wildman–Crippen LogP) is 3.40. The number of hydrogen-bond donors (Lipinski definition) is 1. The first kappa shape index (κ1) is 21.3. The van der Waals surface area contributed by atoms with Gasteiger partial charge in [0.25, 0.3) is 0 Å². The summed E-state index contributed by atoms with van der Waals surface area (Å²) in [6, 6.07) is 8.24. The van der Waals surface area contributed by atoms with E-state index < -0.39 is 0 Å². The summed E-state index contributed by atoms with van der Waals surface area (Å²) in [6.45, 7) is 13.6. The highest BCUT2D eigenvalue weighted by atomic mass is 16.5. The van der Waals surface area contributed by atoms with Gasteiger partial charge in [-0.2, -0.15) is 0 Å². The Labute approximate surface area is 170 Å². The molecule has 1 N–H and O–H groups in total. The lowest BCUT2D eigenvalue weighted by molar-refractivity contribution is -0.130. The summed E-state index contributed by atoms with van der Waals surface area (Å²) in [5.41, 5.74) is 2.22. The summed E-state index contributed by atoms with van der Waals surface area (Å²) in [4.78, 5) is 17.9. The monoisotopic (exact) mass is 387 g/mol. The van der Waals surface area contributed by atoms with Gasteiger partial charge in [-0.3, -0.25) is 9.69 Å². The van der Waals surface area contributed by atoms with Gasteiger partial charge in [-0.05, 0) is 69.8 Å². The number of hydrogen-bond acceptors (Lipinski definition) is 4. The van der Waals surface area contributed by atoms with E-state index in [1.54, 1.807) is 0 Å². The fourth-order valence-electron chi connectivity index (χ4n) is 4.60. The van der Waals surface area contributed by atoms with Crippen molar-refractivity contribution in [2.75, 3.05) is 38.0 Å². The lowest BCUT2D eigenvalue weighted by Gasteiger charge is -2.41. The molecule has 5 heteroatoms. The molecule has 0 aliphatic carbocycles. The van der Waals surface area contributed by atoms with E-state index in [1.165, 1.54) is 31.5 Å². The standard InChI is InChI=1S/C23H37N3O2/c1-17(2)22(26-15-18(3)28-19(4)16-26)23(27)24-21-9-7-20(8-10-21)11-14-25-12-5-6-13-25/h7-10,17-19,22H,5-6,11-16H2,1-4H3,(H,24,27). The van der Waals surface area contributed by atoms with Crippen LogP contribution in [-0.2, 0) is 16.0 Å². The minimum absolute atomic E-state index is 0.0844. The number of nitrogens with one attached hydrogen (secondary N) is 1. The average molecular weight is 388 g/mol. The van der Waals surface area contributed by atoms with Crippen molar-refractivity contribution in [3.05, 3.63) is 29.8 Å². The summed E-state index contributed by atoms with van der Waals surface area (Å²) in [5.74, 6) is 0.332. The molecular formula is C23H37N3O2. The Balaban J connectivity index is 1.56. The van der Waals surface area contributed by atoms with E-state index in [0.29, 0.717) is 0 Å². The molecule has 0 spiro atoms. The molecule has 28 heavy (non-hydrogen) atoms. The van der Waals surface area contributed by atoms with Crippen LogP contribution in [0.15, 0.2) is 24.3 Å². The number of amides is 1. The van der Waals surface area contributed by atoms with E-state index in [4.69, 9.17) is 4.74 Å². The first-order valence-corrected chi connectivity index (χ1v) is 10.9. The summed E-state index contributed by atoms with van der Waals surface area (Å²) in [7, 11) is 0. The maximum absolute atomic E-state index is 13.1. The van der Waals surface area contributed by atoms with Crippen LogP contribution < -0.4 is 5.32 Å². The third-order valence-corrected chi connectivity index (χ3v) is 5.88. The Hall–Kier alpha value is -1.43. The van der Waals surface area contributed by atoms with Crippen LogP contribution in [0.3, 0.4) is 0 Å². The van der Waals surface area contributed by atoms with Crippen LogP contribution in [0.25, 0.3) is 0 Å². The van der Waals surface area contributed by atoms with E-state index in [2.05, 4.69) is 54.9 Å². The number of benzene rings is 1. The summed E-state index contributed by atoms with van der Waals surface area (Å²) in [5, 5.41) is 3.14. The molecule has 156 valence electrons. The number of carbonyl (C=O) groups excluding carboxylic acids is 1. The number of nitrogens with zero attached hydrogens (tertiary/aromatic N) is 2. The van der Waals surface area contributed by atoms with Crippen LogP contribution >= 0.6 is 0 Å². The van der Waals surface area contributed by atoms with Crippen molar-refractivity contribution in [3.8, 4) is 0 Å². The van der Waals surface area contributed by atoms with E-state index >= 15 is 0 Å². The first-order valence-electron chi connectivity index (χ1n) is 10.9. The van der Waals surface area contributed by atoms with Crippen molar-refractivity contribution in [3.63, 3.8) is 0 Å². The van der Waals surface area contributed by atoms with Crippen molar-refractivity contribution in [2.24, 2.45) is 5.92 Å². The highest BCUT2D eigenvalue weighted by molar-refractivity contribution is 5.95. The largest absolute Gasteiger partial charge is 0.373 e. The smallest absolute Gasteiger partial charge is 0.241 e. The molecule has 2 aliphatic rings. The van der Waals surface area contributed by atoms with E-state index in [-0.39, 0.29) is 30.1 Å². The normalized spacial score (nSPS) is 25.2. The average Bonchev–Trinajstić information content (AvgIpc) is 3.13. The maximum Gasteiger partial charge on any atom is 0.241 e. The summed E-state index contributed by atoms with van der Waals surface area (Å²) in [6.07, 6.45) is 4.07. The second-order valence-electron chi connectivity index (χ2n) is 8.88. The Morgan fingerprint density at radius 3 is 2.29 bits per heavy atom. The van der Waals surface area contributed by atoms with E-state index in [9.17, 15) is 4.79 Å². The Morgan fingerprint density at radius 1 is 1.11 bits per heavy atom. The Bertz CT molecular complexity index is 615. The van der Waals surface area contributed by atoms with Crippen molar-refractivity contribution in [2.45, 2.75) is 65.2 Å². The van der Waals surface area contributed by atoms with E-state index in [1.807, 2.05) is 12.1 Å². The zero-order chi connectivity index (χ0) is 20.1. The number of carbonyl (C=O) groups is 1.